The van der Waals surface area contributed by atoms with Crippen LogP contribution in [0.3, 0.4) is 0 Å². The summed E-state index contributed by atoms with van der Waals surface area (Å²) in [6, 6.07) is 0.697. The monoisotopic (exact) mass is 213 g/mol. The molecule has 1 heterocycles. The topological polar surface area (TPSA) is 43.7 Å². The van der Waals surface area contributed by atoms with Gasteiger partial charge in [-0.25, -0.2) is 0 Å². The summed E-state index contributed by atoms with van der Waals surface area (Å²) in [7, 11) is 0. The lowest BCUT2D eigenvalue weighted by molar-refractivity contribution is 0.111. The number of aliphatic hydroxyl groups excluding tert-OH is 2. The van der Waals surface area contributed by atoms with Gasteiger partial charge in [0, 0.05) is 25.8 Å². The van der Waals surface area contributed by atoms with Crippen molar-refractivity contribution >= 4 is 0 Å². The summed E-state index contributed by atoms with van der Waals surface area (Å²) in [6.07, 6.45) is 6.06. The van der Waals surface area contributed by atoms with Crippen molar-refractivity contribution in [1.29, 1.82) is 0 Å². The third kappa shape index (κ3) is 2.71. The van der Waals surface area contributed by atoms with Crippen molar-refractivity contribution in [2.24, 2.45) is 11.8 Å². The van der Waals surface area contributed by atoms with Crippen LogP contribution in [0.4, 0.5) is 0 Å². The number of hydrogen-bond acceptors (Lipinski definition) is 3. The molecule has 3 heteroatoms. The fraction of sp³-hybridized carbons (Fsp3) is 1.00. The Labute approximate surface area is 92.1 Å². The zero-order valence-corrected chi connectivity index (χ0v) is 9.44. The summed E-state index contributed by atoms with van der Waals surface area (Å²) in [6.45, 7) is 2.90. The van der Waals surface area contributed by atoms with Crippen LogP contribution in [-0.4, -0.2) is 47.5 Å². The molecule has 2 rings (SSSR count). The molecule has 3 nitrogen and oxygen atoms in total. The first kappa shape index (κ1) is 11.4. The molecule has 0 bridgehead atoms. The summed E-state index contributed by atoms with van der Waals surface area (Å²) in [5.74, 6) is 1.32. The van der Waals surface area contributed by atoms with Crippen LogP contribution in [0, 0.1) is 11.8 Å². The molecule has 1 aliphatic carbocycles. The second kappa shape index (κ2) is 5.28. The minimum atomic E-state index is 0.303. The lowest BCUT2D eigenvalue weighted by Gasteiger charge is -2.36. The first-order valence-corrected chi connectivity index (χ1v) is 6.32. The van der Waals surface area contributed by atoms with Gasteiger partial charge in [0.1, 0.15) is 0 Å². The lowest BCUT2D eigenvalue weighted by atomic mass is 9.97. The molecule has 0 amide bonds. The Balaban J connectivity index is 1.83. The number of rotatable bonds is 5. The molecule has 1 saturated carbocycles. The molecule has 0 aromatic carbocycles. The van der Waals surface area contributed by atoms with Crippen molar-refractivity contribution in [1.82, 2.24) is 4.90 Å². The van der Waals surface area contributed by atoms with Crippen LogP contribution in [0.2, 0.25) is 0 Å². The predicted octanol–water partition coefficient (Wildman–Crippen LogP) is 0.852. The van der Waals surface area contributed by atoms with Crippen molar-refractivity contribution in [3.05, 3.63) is 0 Å². The number of likely N-dealkylation sites (tertiary alicyclic amines) is 1. The molecule has 15 heavy (non-hydrogen) atoms. The number of piperidine rings is 1. The van der Waals surface area contributed by atoms with E-state index in [4.69, 9.17) is 10.2 Å². The third-order valence-corrected chi connectivity index (χ3v) is 3.97. The summed E-state index contributed by atoms with van der Waals surface area (Å²) < 4.78 is 0. The fourth-order valence-corrected chi connectivity index (χ4v) is 3.01. The Bertz CT molecular complexity index is 198. The SMILES string of the molecule is OCCCN1CCCCC1C1CC1CO. The minimum absolute atomic E-state index is 0.303. The zero-order chi connectivity index (χ0) is 10.7. The van der Waals surface area contributed by atoms with Gasteiger partial charge in [-0.3, -0.25) is 0 Å². The average Bonchev–Trinajstić information content (AvgIpc) is 3.06. The van der Waals surface area contributed by atoms with E-state index >= 15 is 0 Å². The first-order chi connectivity index (χ1) is 7.36. The smallest absolute Gasteiger partial charge is 0.0462 e. The second-order valence-electron chi connectivity index (χ2n) is 5.02. The molecule has 2 aliphatic rings. The Hall–Kier alpha value is -0.120. The molecule has 1 aliphatic heterocycles. The van der Waals surface area contributed by atoms with E-state index < -0.39 is 0 Å². The molecule has 0 aromatic rings. The highest BCUT2D eigenvalue weighted by Crippen LogP contribution is 2.45. The highest BCUT2D eigenvalue weighted by Gasteiger charge is 2.44. The summed E-state index contributed by atoms with van der Waals surface area (Å²) in [5.41, 5.74) is 0. The Morgan fingerprint density at radius 1 is 1.20 bits per heavy atom. The standard InChI is InChI=1S/C12H23NO2/c14-7-3-6-13-5-2-1-4-12(13)11-8-10(11)9-15/h10-12,14-15H,1-9H2. The minimum Gasteiger partial charge on any atom is -0.396 e. The van der Waals surface area contributed by atoms with Crippen LogP contribution in [0.1, 0.15) is 32.1 Å². The van der Waals surface area contributed by atoms with Crippen LogP contribution < -0.4 is 0 Å². The van der Waals surface area contributed by atoms with E-state index in [1.807, 2.05) is 0 Å². The summed E-state index contributed by atoms with van der Waals surface area (Å²) in [4.78, 5) is 2.54. The molecule has 88 valence electrons. The predicted molar refractivity (Wildman–Crippen MR) is 59.6 cm³/mol. The van der Waals surface area contributed by atoms with Gasteiger partial charge in [0.2, 0.25) is 0 Å². The van der Waals surface area contributed by atoms with Crippen molar-refractivity contribution in [3.8, 4) is 0 Å². The van der Waals surface area contributed by atoms with Crippen molar-refractivity contribution in [2.75, 3.05) is 26.3 Å². The zero-order valence-electron chi connectivity index (χ0n) is 9.44. The molecule has 1 saturated heterocycles. The molecule has 3 atom stereocenters. The van der Waals surface area contributed by atoms with Crippen LogP contribution >= 0.6 is 0 Å². The largest absolute Gasteiger partial charge is 0.396 e. The van der Waals surface area contributed by atoms with Crippen LogP contribution in [0.5, 0.6) is 0 Å². The molecule has 0 spiro atoms. The highest BCUT2D eigenvalue weighted by molar-refractivity contribution is 4.96. The molecular formula is C12H23NO2. The normalized spacial score (nSPS) is 36.8. The number of hydrogen-bond donors (Lipinski definition) is 2. The Morgan fingerprint density at radius 3 is 2.73 bits per heavy atom. The van der Waals surface area contributed by atoms with Crippen LogP contribution in [0.25, 0.3) is 0 Å². The highest BCUT2D eigenvalue weighted by atomic mass is 16.3. The van der Waals surface area contributed by atoms with Gasteiger partial charge in [0.25, 0.3) is 0 Å². The van der Waals surface area contributed by atoms with Gasteiger partial charge in [-0.1, -0.05) is 6.42 Å². The quantitative estimate of drug-likeness (QED) is 0.711. The van der Waals surface area contributed by atoms with Gasteiger partial charge in [-0.2, -0.15) is 0 Å². The van der Waals surface area contributed by atoms with Gasteiger partial charge in [0.15, 0.2) is 0 Å². The molecule has 2 N–H and O–H groups in total. The van der Waals surface area contributed by atoms with E-state index in [0.717, 1.165) is 18.9 Å². The molecular weight excluding hydrogens is 190 g/mol. The van der Waals surface area contributed by atoms with Crippen molar-refractivity contribution < 1.29 is 10.2 Å². The van der Waals surface area contributed by atoms with Crippen molar-refractivity contribution in [2.45, 2.75) is 38.1 Å². The van der Waals surface area contributed by atoms with Crippen molar-refractivity contribution in [3.63, 3.8) is 0 Å². The van der Waals surface area contributed by atoms with Crippen LogP contribution in [0.15, 0.2) is 0 Å². The molecule has 2 fully saturated rings. The Morgan fingerprint density at radius 2 is 2.07 bits per heavy atom. The van der Waals surface area contributed by atoms with E-state index in [2.05, 4.69) is 4.90 Å². The van der Waals surface area contributed by atoms with Gasteiger partial charge in [-0.05, 0) is 44.1 Å². The summed E-state index contributed by atoms with van der Waals surface area (Å²) >= 11 is 0. The van der Waals surface area contributed by atoms with Gasteiger partial charge < -0.3 is 15.1 Å². The summed E-state index contributed by atoms with van der Waals surface area (Å²) in [5, 5.41) is 18.0. The Kier molecular flexibility index (Phi) is 4.00. The maximum Gasteiger partial charge on any atom is 0.0462 e. The van der Waals surface area contributed by atoms with E-state index in [1.165, 1.54) is 32.2 Å². The van der Waals surface area contributed by atoms with Gasteiger partial charge in [-0.15, -0.1) is 0 Å². The maximum atomic E-state index is 9.11. The number of aliphatic hydroxyl groups is 2. The molecule has 3 unspecified atom stereocenters. The number of nitrogens with zero attached hydrogens (tertiary/aromatic N) is 1. The molecule has 0 radical (unpaired) electrons. The maximum absolute atomic E-state index is 9.11. The fourth-order valence-electron chi connectivity index (χ4n) is 3.01. The van der Waals surface area contributed by atoms with E-state index in [0.29, 0.717) is 25.2 Å². The lowest BCUT2D eigenvalue weighted by Crippen LogP contribution is -2.42. The van der Waals surface area contributed by atoms with E-state index in [9.17, 15) is 0 Å². The molecule has 0 aromatic heterocycles. The third-order valence-electron chi connectivity index (χ3n) is 3.97. The van der Waals surface area contributed by atoms with E-state index in [-0.39, 0.29) is 0 Å². The van der Waals surface area contributed by atoms with Gasteiger partial charge in [0.05, 0.1) is 0 Å². The van der Waals surface area contributed by atoms with Gasteiger partial charge >= 0.3 is 0 Å². The van der Waals surface area contributed by atoms with E-state index in [1.54, 1.807) is 0 Å². The van der Waals surface area contributed by atoms with Crippen LogP contribution in [-0.2, 0) is 0 Å². The first-order valence-electron chi connectivity index (χ1n) is 6.32. The average molecular weight is 213 g/mol. The second-order valence-corrected chi connectivity index (χ2v) is 5.02.